The van der Waals surface area contributed by atoms with Crippen molar-refractivity contribution < 1.29 is 9.28 Å². The van der Waals surface area contributed by atoms with Gasteiger partial charge in [0.1, 0.15) is 6.54 Å². The van der Waals surface area contributed by atoms with Crippen LogP contribution < -0.4 is 5.32 Å². The first kappa shape index (κ1) is 16.9. The van der Waals surface area contributed by atoms with Gasteiger partial charge in [0.25, 0.3) is 0 Å². The summed E-state index contributed by atoms with van der Waals surface area (Å²) in [6.07, 6.45) is 14.1. The highest BCUT2D eigenvalue weighted by Gasteiger charge is 2.44. The Morgan fingerprint density at radius 1 is 1.26 bits per heavy atom. The van der Waals surface area contributed by atoms with Crippen LogP contribution in [-0.4, -0.2) is 49.0 Å². The van der Waals surface area contributed by atoms with E-state index in [0.29, 0.717) is 11.8 Å². The van der Waals surface area contributed by atoms with Crippen molar-refractivity contribution in [3.8, 4) is 0 Å². The molecular weight excluding hydrogens is 284 g/mol. The molecule has 0 spiro atoms. The van der Waals surface area contributed by atoms with E-state index in [0.717, 1.165) is 43.6 Å². The number of hydrogen-bond acceptors (Lipinski definition) is 2. The Morgan fingerprint density at radius 2 is 1.96 bits per heavy atom. The highest BCUT2D eigenvalue weighted by molar-refractivity contribution is 5.88. The van der Waals surface area contributed by atoms with Gasteiger partial charge >= 0.3 is 0 Å². The number of quaternary nitrogens is 1. The Morgan fingerprint density at radius 3 is 2.57 bits per heavy atom. The van der Waals surface area contributed by atoms with Gasteiger partial charge in [0.2, 0.25) is 0 Å². The zero-order valence-corrected chi connectivity index (χ0v) is 14.9. The Labute approximate surface area is 141 Å². The average molecular weight is 317 g/mol. The Balaban J connectivity index is 1.75. The van der Waals surface area contributed by atoms with Gasteiger partial charge in [-0.15, -0.1) is 0 Å². The summed E-state index contributed by atoms with van der Waals surface area (Å²) in [5.74, 6) is 0.449. The number of rotatable bonds is 4. The van der Waals surface area contributed by atoms with Crippen LogP contribution in [0.25, 0.3) is 0 Å². The summed E-state index contributed by atoms with van der Waals surface area (Å²) in [5.41, 5.74) is 0.998. The average Bonchev–Trinajstić information content (AvgIpc) is 2.59. The molecule has 2 aliphatic carbocycles. The second kappa shape index (κ2) is 6.90. The molecule has 0 aromatic rings. The van der Waals surface area contributed by atoms with Crippen LogP contribution in [-0.2, 0) is 4.79 Å². The Hall–Kier alpha value is -0.930. The van der Waals surface area contributed by atoms with Gasteiger partial charge in [0, 0.05) is 13.1 Å². The van der Waals surface area contributed by atoms with Gasteiger partial charge < -0.3 is 9.80 Å². The molecular formula is C20H33N2O+. The zero-order chi connectivity index (χ0) is 16.3. The number of nitrogens with zero attached hydrogens (tertiary/aromatic N) is 1. The monoisotopic (exact) mass is 317 g/mol. The maximum absolute atomic E-state index is 13.2. The molecule has 0 aromatic heterocycles. The minimum Gasteiger partial charge on any atom is -0.313 e. The van der Waals surface area contributed by atoms with Crippen molar-refractivity contribution in [2.75, 3.05) is 32.7 Å². The standard InChI is InChI=1S/C20H33N2O/c1-17-8-10-20(2,11-9-17)19(23)16-22(14-12-21-13-15-22)18-6-4-3-5-7-18/h8-10,18,21H,3-7,11-16H2,1-2H3/q+1. The molecule has 3 nitrogen and oxygen atoms in total. The molecule has 2 fully saturated rings. The number of piperazine rings is 1. The van der Waals surface area contributed by atoms with E-state index in [4.69, 9.17) is 0 Å². The molecule has 3 heteroatoms. The van der Waals surface area contributed by atoms with E-state index in [2.05, 4.69) is 37.4 Å². The van der Waals surface area contributed by atoms with E-state index >= 15 is 0 Å². The van der Waals surface area contributed by atoms with Gasteiger partial charge in [-0.2, -0.15) is 0 Å². The van der Waals surface area contributed by atoms with Crippen molar-refractivity contribution >= 4 is 5.78 Å². The molecule has 3 rings (SSSR count). The molecule has 1 aliphatic heterocycles. The van der Waals surface area contributed by atoms with E-state index in [1.807, 2.05) is 0 Å². The number of hydrogen-bond donors (Lipinski definition) is 1. The smallest absolute Gasteiger partial charge is 0.196 e. The van der Waals surface area contributed by atoms with Crippen LogP contribution in [0.4, 0.5) is 0 Å². The molecule has 1 N–H and O–H groups in total. The minimum atomic E-state index is -0.287. The second-order valence-electron chi connectivity index (χ2n) is 8.19. The molecule has 1 unspecified atom stereocenters. The lowest BCUT2D eigenvalue weighted by Crippen LogP contribution is -2.66. The van der Waals surface area contributed by atoms with Gasteiger partial charge in [-0.1, -0.05) is 30.2 Å². The summed E-state index contributed by atoms with van der Waals surface area (Å²) in [4.78, 5) is 13.2. The van der Waals surface area contributed by atoms with Crippen LogP contribution >= 0.6 is 0 Å². The van der Waals surface area contributed by atoms with Crippen LogP contribution in [0.2, 0.25) is 0 Å². The van der Waals surface area contributed by atoms with E-state index < -0.39 is 0 Å². The van der Waals surface area contributed by atoms with Crippen LogP contribution in [0.15, 0.2) is 23.8 Å². The van der Waals surface area contributed by atoms with Gasteiger partial charge in [-0.25, -0.2) is 0 Å². The van der Waals surface area contributed by atoms with E-state index in [1.54, 1.807) is 0 Å². The fraction of sp³-hybridized carbons (Fsp3) is 0.750. The SMILES string of the molecule is CC1=CCC(C)(C(=O)C[N+]2(C3CCCCC3)CCNCC2)C=C1. The van der Waals surface area contributed by atoms with Crippen LogP contribution in [0, 0.1) is 5.41 Å². The fourth-order valence-electron chi connectivity index (χ4n) is 4.62. The fourth-order valence-corrected chi connectivity index (χ4v) is 4.62. The van der Waals surface area contributed by atoms with Gasteiger partial charge in [0.05, 0.1) is 24.5 Å². The number of carbonyl (C=O) groups is 1. The highest BCUT2D eigenvalue weighted by atomic mass is 16.1. The van der Waals surface area contributed by atoms with E-state index in [9.17, 15) is 4.79 Å². The highest BCUT2D eigenvalue weighted by Crippen LogP contribution is 2.34. The first-order valence-electron chi connectivity index (χ1n) is 9.50. The Bertz CT molecular complexity index is 496. The van der Waals surface area contributed by atoms with Gasteiger partial charge in [0.15, 0.2) is 5.78 Å². The van der Waals surface area contributed by atoms with Crippen molar-refractivity contribution in [3.63, 3.8) is 0 Å². The normalized spacial score (nSPS) is 31.7. The lowest BCUT2D eigenvalue weighted by molar-refractivity contribution is -0.947. The largest absolute Gasteiger partial charge is 0.313 e. The maximum Gasteiger partial charge on any atom is 0.196 e. The molecule has 0 aromatic carbocycles. The lowest BCUT2D eigenvalue weighted by atomic mass is 9.77. The van der Waals surface area contributed by atoms with Crippen molar-refractivity contribution in [3.05, 3.63) is 23.8 Å². The lowest BCUT2D eigenvalue weighted by Gasteiger charge is -2.49. The third kappa shape index (κ3) is 3.61. The summed E-state index contributed by atoms with van der Waals surface area (Å²) >= 11 is 0. The summed E-state index contributed by atoms with van der Waals surface area (Å²) in [7, 11) is 0. The molecule has 0 radical (unpaired) electrons. The summed E-state index contributed by atoms with van der Waals surface area (Å²) in [6.45, 7) is 9.38. The van der Waals surface area contributed by atoms with E-state index in [1.165, 1.54) is 37.7 Å². The van der Waals surface area contributed by atoms with Crippen LogP contribution in [0.1, 0.15) is 52.4 Å². The van der Waals surface area contributed by atoms with Crippen LogP contribution in [0.3, 0.4) is 0 Å². The summed E-state index contributed by atoms with van der Waals surface area (Å²) < 4.78 is 1.05. The van der Waals surface area contributed by atoms with Gasteiger partial charge in [-0.3, -0.25) is 4.79 Å². The predicted molar refractivity (Wildman–Crippen MR) is 95.2 cm³/mol. The topological polar surface area (TPSA) is 29.1 Å². The van der Waals surface area contributed by atoms with Crippen molar-refractivity contribution in [1.82, 2.24) is 5.32 Å². The Kier molecular flexibility index (Phi) is 5.07. The molecule has 1 atom stereocenters. The first-order chi connectivity index (χ1) is 11.0. The predicted octanol–water partition coefficient (Wildman–Crippen LogP) is 3.22. The van der Waals surface area contributed by atoms with E-state index in [-0.39, 0.29) is 5.41 Å². The van der Waals surface area contributed by atoms with Crippen LogP contribution in [0.5, 0.6) is 0 Å². The van der Waals surface area contributed by atoms with Crippen molar-refractivity contribution in [2.45, 2.75) is 58.4 Å². The molecule has 23 heavy (non-hydrogen) atoms. The zero-order valence-electron chi connectivity index (χ0n) is 14.9. The maximum atomic E-state index is 13.2. The molecule has 1 heterocycles. The first-order valence-corrected chi connectivity index (χ1v) is 9.50. The molecule has 3 aliphatic rings. The number of ketones is 1. The molecule has 1 saturated carbocycles. The molecule has 0 bridgehead atoms. The number of Topliss-reactive ketones (excluding diaryl/α,β-unsaturated/α-hetero) is 1. The summed E-state index contributed by atoms with van der Waals surface area (Å²) in [5, 5.41) is 3.50. The molecule has 0 amide bonds. The van der Waals surface area contributed by atoms with Crippen molar-refractivity contribution in [2.24, 2.45) is 5.41 Å². The number of carbonyl (C=O) groups excluding carboxylic acids is 1. The summed E-state index contributed by atoms with van der Waals surface area (Å²) in [6, 6.07) is 0.711. The minimum absolute atomic E-state index is 0.287. The molecule has 128 valence electrons. The third-order valence-electron chi connectivity index (χ3n) is 6.47. The molecule has 1 saturated heterocycles. The third-order valence-corrected chi connectivity index (χ3v) is 6.47. The van der Waals surface area contributed by atoms with Gasteiger partial charge in [-0.05, 0) is 46.0 Å². The van der Waals surface area contributed by atoms with Crippen molar-refractivity contribution in [1.29, 1.82) is 0 Å². The number of allylic oxidation sites excluding steroid dienone is 4. The second-order valence-corrected chi connectivity index (χ2v) is 8.19. The number of nitrogens with one attached hydrogen (secondary N) is 1. The quantitative estimate of drug-likeness (QED) is 0.807.